The molecule has 0 aromatic heterocycles. The quantitative estimate of drug-likeness (QED) is 0.138. The van der Waals surface area contributed by atoms with Gasteiger partial charge in [-0.1, -0.05) is 106 Å². The first-order valence-electron chi connectivity index (χ1n) is 21.2. The zero-order valence-electron chi connectivity index (χ0n) is 34.4. The molecule has 0 aromatic carbocycles. The van der Waals surface area contributed by atoms with Crippen molar-refractivity contribution in [3.63, 3.8) is 0 Å². The highest BCUT2D eigenvalue weighted by Crippen LogP contribution is 2.38. The van der Waals surface area contributed by atoms with Crippen molar-refractivity contribution in [3.05, 3.63) is 96.7 Å². The molecule has 3 saturated heterocycles. The van der Waals surface area contributed by atoms with Crippen LogP contribution in [-0.4, -0.2) is 100 Å². The van der Waals surface area contributed by atoms with Gasteiger partial charge in [0.15, 0.2) is 6.10 Å². The summed E-state index contributed by atoms with van der Waals surface area (Å²) in [7, 11) is 0. The number of ketones is 1. The van der Waals surface area contributed by atoms with E-state index in [1.54, 1.807) is 18.2 Å². The molecule has 58 heavy (non-hydrogen) atoms. The first kappa shape index (κ1) is 45.4. The summed E-state index contributed by atoms with van der Waals surface area (Å²) in [4.78, 5) is 36.9. The molecule has 6 rings (SSSR count). The van der Waals surface area contributed by atoms with Crippen LogP contribution in [0.15, 0.2) is 96.7 Å². The number of rotatable bonds is 7. The highest BCUT2D eigenvalue weighted by molar-refractivity contribution is 5.83. The van der Waals surface area contributed by atoms with Crippen LogP contribution in [0.5, 0.6) is 0 Å². The second kappa shape index (κ2) is 22.6. The van der Waals surface area contributed by atoms with Gasteiger partial charge in [-0.25, -0.2) is 4.79 Å². The maximum Gasteiger partial charge on any atom is 0.331 e. The average Bonchev–Trinajstić information content (AvgIpc) is 3.54. The number of carbonyl (C=O) groups is 3. The lowest BCUT2D eigenvalue weighted by Crippen LogP contribution is -2.48. The molecule has 11 nitrogen and oxygen atoms in total. The zero-order chi connectivity index (χ0) is 41.6. The molecule has 6 aliphatic heterocycles. The van der Waals surface area contributed by atoms with E-state index in [9.17, 15) is 24.6 Å². The van der Waals surface area contributed by atoms with E-state index in [1.807, 2.05) is 74.6 Å². The van der Waals surface area contributed by atoms with Crippen molar-refractivity contribution >= 4 is 17.7 Å². The van der Waals surface area contributed by atoms with Gasteiger partial charge in [0.05, 0.1) is 36.6 Å². The number of carboxylic acids is 1. The van der Waals surface area contributed by atoms with E-state index in [4.69, 9.17) is 28.8 Å². The minimum atomic E-state index is -1.24. The van der Waals surface area contributed by atoms with Crippen molar-refractivity contribution in [2.75, 3.05) is 0 Å². The normalized spacial score (nSPS) is 40.4. The molecule has 318 valence electrons. The maximum atomic E-state index is 13.0. The summed E-state index contributed by atoms with van der Waals surface area (Å²) in [5, 5.41) is 30.8. The third kappa shape index (κ3) is 13.4. The fourth-order valence-corrected chi connectivity index (χ4v) is 8.23. The Bertz CT molecular complexity index is 1620. The number of unbranched alkanes of at least 4 members (excludes halogenated alkanes) is 1. The van der Waals surface area contributed by atoms with Crippen LogP contribution in [0.1, 0.15) is 91.9 Å². The number of allylic oxidation sites excluding steroid dienone is 7. The zero-order valence-corrected chi connectivity index (χ0v) is 34.4. The van der Waals surface area contributed by atoms with Crippen LogP contribution in [-0.2, 0) is 38.1 Å². The number of aliphatic hydroxyl groups is 2. The van der Waals surface area contributed by atoms with E-state index in [-0.39, 0.29) is 66.9 Å². The molecule has 0 aliphatic carbocycles. The first-order chi connectivity index (χ1) is 27.9. The number of esters is 1. The molecular weight excluding hydrogens is 741 g/mol. The summed E-state index contributed by atoms with van der Waals surface area (Å²) < 4.78 is 31.4. The van der Waals surface area contributed by atoms with Gasteiger partial charge < -0.3 is 39.0 Å². The Labute approximate surface area is 343 Å². The Morgan fingerprint density at radius 1 is 0.793 bits per heavy atom. The van der Waals surface area contributed by atoms with Crippen LogP contribution in [0.2, 0.25) is 0 Å². The molecule has 0 spiro atoms. The fourth-order valence-electron chi connectivity index (χ4n) is 8.23. The van der Waals surface area contributed by atoms with E-state index in [2.05, 4.69) is 19.9 Å². The standard InChI is InChI=1S/C47H64O11/c1-30(17-14-15-23-44(50)51)27-31(2)47-40-26-25-34(54-47)18-10-6-5-7-11-19-35(48)46(53)43-28-36(49)32(3)37(56-43)21-16-22-38-33(4)41-29-42(55-38)39(57-41)20-12-8-9-13-24-45(52)58-40/h6,8-13,16,19-20,22,24-27,30,32-35,37-43,46-48,53H,5,7,14-15,17-18,21,23,28-29H2,1-4H3,(H,50,51)/b9-8-,10-6+,19-11+,20-12+,22-16+,24-13-,31-27+/t30-,32-,33+,34+,35+,37-,38+,39-,40-,41-,42-,43-,46+,47+/m1/s1. The second-order valence-electron chi connectivity index (χ2n) is 16.4. The van der Waals surface area contributed by atoms with Crippen LogP contribution in [0.25, 0.3) is 0 Å². The minimum Gasteiger partial charge on any atom is -0.481 e. The number of ether oxygens (including phenoxy) is 5. The summed E-state index contributed by atoms with van der Waals surface area (Å²) in [6.45, 7) is 8.03. The highest BCUT2D eigenvalue weighted by atomic mass is 16.6. The monoisotopic (exact) mass is 804 g/mol. The number of aliphatic carboxylic acids is 1. The van der Waals surface area contributed by atoms with E-state index in [0.29, 0.717) is 32.1 Å². The Hall–Kier alpha value is -3.71. The Kier molecular flexibility index (Phi) is 17.7. The highest BCUT2D eigenvalue weighted by Gasteiger charge is 2.45. The van der Waals surface area contributed by atoms with Crippen LogP contribution < -0.4 is 0 Å². The smallest absolute Gasteiger partial charge is 0.331 e. The number of fused-ring (bicyclic) bond motifs is 13. The van der Waals surface area contributed by atoms with Gasteiger partial charge >= 0.3 is 11.9 Å². The Morgan fingerprint density at radius 3 is 2.38 bits per heavy atom. The number of Topliss-reactive ketones (excluding diaryl/α,β-unsaturated/α-hetero) is 1. The average molecular weight is 805 g/mol. The fraction of sp³-hybridized carbons (Fsp3) is 0.596. The maximum absolute atomic E-state index is 13.0. The molecule has 0 saturated carbocycles. The minimum absolute atomic E-state index is 0.00740. The molecule has 0 radical (unpaired) electrons. The lowest BCUT2D eigenvalue weighted by Gasteiger charge is -2.36. The number of aliphatic hydroxyl groups excluding tert-OH is 2. The van der Waals surface area contributed by atoms with Crippen molar-refractivity contribution < 1.29 is 53.4 Å². The van der Waals surface area contributed by atoms with Crippen LogP contribution in [0.3, 0.4) is 0 Å². The van der Waals surface area contributed by atoms with Crippen LogP contribution in [0.4, 0.5) is 0 Å². The summed E-state index contributed by atoms with van der Waals surface area (Å²) in [5.41, 5.74) is 0.941. The predicted molar refractivity (Wildman–Crippen MR) is 221 cm³/mol. The Morgan fingerprint density at radius 2 is 1.57 bits per heavy atom. The van der Waals surface area contributed by atoms with Gasteiger partial charge in [-0.2, -0.15) is 0 Å². The van der Waals surface area contributed by atoms with Crippen molar-refractivity contribution in [1.29, 1.82) is 0 Å². The van der Waals surface area contributed by atoms with E-state index in [1.165, 1.54) is 6.08 Å². The number of hydrogen-bond acceptors (Lipinski definition) is 10. The SMILES string of the molecule is C/C(=C\[C@H](C)CCCCC(=O)O)[C@@H]1O[C@@H]2C=C[C@H]1OC(=O)\C=C/C=C\C=C\[C@H]1O[C@@H]3C[C@H]1O[C@@H](/C=C/C[C@H]1O[C@H](CC(=O)[C@H]1C)[C@@H](O)[C@@H](O)/C=C/CC/C=C/C2)[C@@H]3C. The lowest BCUT2D eigenvalue weighted by molar-refractivity contribution is -0.163. The lowest BCUT2D eigenvalue weighted by atomic mass is 9.87. The third-order valence-electron chi connectivity index (χ3n) is 11.8. The molecule has 3 N–H and O–H groups in total. The summed E-state index contributed by atoms with van der Waals surface area (Å²) >= 11 is 0. The molecule has 0 aromatic rings. The molecule has 14 atom stereocenters. The number of hydrogen-bond donors (Lipinski definition) is 3. The van der Waals surface area contributed by atoms with Crippen molar-refractivity contribution in [2.24, 2.45) is 17.8 Å². The largest absolute Gasteiger partial charge is 0.481 e. The molecule has 0 amide bonds. The van der Waals surface area contributed by atoms with Crippen LogP contribution in [0, 0.1) is 17.8 Å². The van der Waals surface area contributed by atoms with Crippen molar-refractivity contribution in [1.82, 2.24) is 0 Å². The van der Waals surface area contributed by atoms with Gasteiger partial charge in [0.1, 0.15) is 30.2 Å². The predicted octanol–water partition coefficient (Wildman–Crippen LogP) is 7.01. The molecule has 0 unspecified atom stereocenters. The number of carbonyl (C=O) groups excluding carboxylic acids is 2. The van der Waals surface area contributed by atoms with E-state index < -0.39 is 48.6 Å². The van der Waals surface area contributed by atoms with Gasteiger partial charge in [-0.15, -0.1) is 0 Å². The molecule has 11 heteroatoms. The Balaban J connectivity index is 1.29. The van der Waals surface area contributed by atoms with Gasteiger partial charge in [0, 0.05) is 37.2 Å². The van der Waals surface area contributed by atoms with Gasteiger partial charge in [-0.05, 0) is 63.0 Å². The molecular formula is C47H64O11. The molecule has 6 heterocycles. The van der Waals surface area contributed by atoms with Crippen LogP contribution >= 0.6 is 0 Å². The summed E-state index contributed by atoms with van der Waals surface area (Å²) in [5.74, 6) is -1.30. The molecule has 6 aliphatic rings. The van der Waals surface area contributed by atoms with E-state index >= 15 is 0 Å². The number of carboxylic acid groups (broad SMARTS) is 1. The van der Waals surface area contributed by atoms with E-state index in [0.717, 1.165) is 24.8 Å². The topological polar surface area (TPSA) is 158 Å². The summed E-state index contributed by atoms with van der Waals surface area (Å²) in [6.07, 6.45) is 28.1. The van der Waals surface area contributed by atoms with Crippen molar-refractivity contribution in [3.8, 4) is 0 Å². The first-order valence-corrected chi connectivity index (χ1v) is 21.2. The van der Waals surface area contributed by atoms with Gasteiger partial charge in [0.25, 0.3) is 0 Å². The third-order valence-corrected chi connectivity index (χ3v) is 11.8. The van der Waals surface area contributed by atoms with Gasteiger partial charge in [0.2, 0.25) is 0 Å². The van der Waals surface area contributed by atoms with Crippen molar-refractivity contribution in [2.45, 2.75) is 159 Å². The molecule has 7 bridgehead atoms. The van der Waals surface area contributed by atoms with Gasteiger partial charge in [-0.3, -0.25) is 9.59 Å². The second-order valence-corrected chi connectivity index (χ2v) is 16.4. The molecule has 3 fully saturated rings. The summed E-state index contributed by atoms with van der Waals surface area (Å²) in [6, 6.07) is 0.